The van der Waals surface area contributed by atoms with E-state index >= 15 is 0 Å². The molecule has 0 saturated carbocycles. The normalized spacial score (nSPS) is 10.8. The number of esters is 1. The van der Waals surface area contributed by atoms with Crippen LogP contribution in [0.1, 0.15) is 16.2 Å². The first-order valence-electron chi connectivity index (χ1n) is 7.08. The Kier molecular flexibility index (Phi) is 4.52. The molecule has 3 N–H and O–H groups in total. The molecule has 0 saturated heterocycles. The van der Waals surface area contributed by atoms with Crippen LogP contribution in [0, 0.1) is 6.92 Å². The molecule has 0 spiro atoms. The minimum absolute atomic E-state index is 0.160. The molecule has 0 atom stereocenters. The Morgan fingerprint density at radius 1 is 1.38 bits per heavy atom. The molecule has 0 aliphatic heterocycles. The van der Waals surface area contributed by atoms with E-state index in [9.17, 15) is 9.59 Å². The summed E-state index contributed by atoms with van der Waals surface area (Å²) in [5.74, 6) is 0.177. The molecule has 1 aromatic carbocycles. The molecule has 3 rings (SSSR count). The van der Waals surface area contributed by atoms with Crippen LogP contribution < -0.4 is 5.32 Å². The second-order valence-corrected chi connectivity index (χ2v) is 5.94. The summed E-state index contributed by atoms with van der Waals surface area (Å²) < 4.78 is 4.79. The molecule has 0 bridgehead atoms. The zero-order chi connectivity index (χ0) is 17.1. The van der Waals surface area contributed by atoms with Crippen molar-refractivity contribution < 1.29 is 14.3 Å². The molecule has 2 heterocycles. The Balaban J connectivity index is 1.74. The summed E-state index contributed by atoms with van der Waals surface area (Å²) in [7, 11) is 1.32. The lowest BCUT2D eigenvalue weighted by molar-refractivity contribution is -0.113. The van der Waals surface area contributed by atoms with Gasteiger partial charge in [0.2, 0.25) is 11.1 Å². The average molecular weight is 345 g/mol. The Morgan fingerprint density at radius 3 is 2.92 bits per heavy atom. The van der Waals surface area contributed by atoms with Crippen LogP contribution >= 0.6 is 11.8 Å². The van der Waals surface area contributed by atoms with E-state index < -0.39 is 5.97 Å². The minimum atomic E-state index is -0.457. The summed E-state index contributed by atoms with van der Waals surface area (Å²) in [6, 6.07) is 5.15. The molecule has 0 radical (unpaired) electrons. The van der Waals surface area contributed by atoms with Crippen molar-refractivity contribution in [3.63, 3.8) is 0 Å². The summed E-state index contributed by atoms with van der Waals surface area (Å²) in [4.78, 5) is 31.1. The van der Waals surface area contributed by atoms with Crippen molar-refractivity contribution in [3.05, 3.63) is 35.8 Å². The van der Waals surface area contributed by atoms with Crippen LogP contribution in [0.25, 0.3) is 10.9 Å². The van der Waals surface area contributed by atoms with E-state index in [1.165, 1.54) is 18.9 Å². The minimum Gasteiger partial charge on any atom is -0.465 e. The van der Waals surface area contributed by atoms with Crippen molar-refractivity contribution in [2.24, 2.45) is 0 Å². The van der Waals surface area contributed by atoms with Crippen molar-refractivity contribution in [1.82, 2.24) is 20.2 Å². The quantitative estimate of drug-likeness (QED) is 0.482. The molecule has 24 heavy (non-hydrogen) atoms. The summed E-state index contributed by atoms with van der Waals surface area (Å²) in [5, 5.41) is 10.7. The van der Waals surface area contributed by atoms with E-state index in [-0.39, 0.29) is 11.7 Å². The van der Waals surface area contributed by atoms with Gasteiger partial charge in [0, 0.05) is 22.8 Å². The number of amides is 1. The SMILES string of the molecule is COC(=O)c1cc(NC(=O)CSc2n[nH]c(C)n2)cc2[nH]ccc12. The molecule has 0 fully saturated rings. The third-order valence-corrected chi connectivity index (χ3v) is 4.11. The van der Waals surface area contributed by atoms with Crippen molar-refractivity contribution in [3.8, 4) is 0 Å². The number of aryl methyl sites for hydroxylation is 1. The monoisotopic (exact) mass is 345 g/mol. The number of rotatable bonds is 5. The van der Waals surface area contributed by atoms with Gasteiger partial charge < -0.3 is 15.0 Å². The number of anilines is 1. The topological polar surface area (TPSA) is 113 Å². The molecule has 3 aromatic rings. The molecule has 0 aliphatic rings. The van der Waals surface area contributed by atoms with E-state index in [1.54, 1.807) is 31.3 Å². The van der Waals surface area contributed by atoms with E-state index in [1.807, 2.05) is 0 Å². The van der Waals surface area contributed by atoms with E-state index in [2.05, 4.69) is 25.5 Å². The summed E-state index contributed by atoms with van der Waals surface area (Å²) in [6.45, 7) is 1.79. The first kappa shape index (κ1) is 16.1. The third-order valence-electron chi connectivity index (χ3n) is 3.27. The number of methoxy groups -OCH3 is 1. The van der Waals surface area contributed by atoms with Gasteiger partial charge in [0.1, 0.15) is 5.82 Å². The third kappa shape index (κ3) is 3.40. The number of carbonyl (C=O) groups excluding carboxylic acids is 2. The van der Waals surface area contributed by atoms with Crippen LogP contribution in [0.2, 0.25) is 0 Å². The Hall–Kier alpha value is -2.81. The van der Waals surface area contributed by atoms with Gasteiger partial charge in [-0.05, 0) is 25.1 Å². The molecule has 124 valence electrons. The van der Waals surface area contributed by atoms with Gasteiger partial charge in [-0.1, -0.05) is 11.8 Å². The summed E-state index contributed by atoms with van der Waals surface area (Å²) in [5.41, 5.74) is 1.65. The van der Waals surface area contributed by atoms with Crippen LogP contribution in [0.3, 0.4) is 0 Å². The second kappa shape index (κ2) is 6.75. The first-order chi connectivity index (χ1) is 11.6. The largest absolute Gasteiger partial charge is 0.465 e. The van der Waals surface area contributed by atoms with Crippen LogP contribution in [0.4, 0.5) is 5.69 Å². The van der Waals surface area contributed by atoms with Crippen LogP contribution in [-0.4, -0.2) is 44.9 Å². The number of aromatic amines is 2. The van der Waals surface area contributed by atoms with E-state index in [0.717, 1.165) is 10.9 Å². The van der Waals surface area contributed by atoms with Crippen LogP contribution in [0.5, 0.6) is 0 Å². The highest BCUT2D eigenvalue weighted by Crippen LogP contribution is 2.24. The lowest BCUT2D eigenvalue weighted by Gasteiger charge is -2.08. The second-order valence-electron chi connectivity index (χ2n) is 4.99. The van der Waals surface area contributed by atoms with Crippen molar-refractivity contribution in [2.45, 2.75) is 12.1 Å². The molecule has 9 heteroatoms. The molecule has 0 aliphatic carbocycles. The zero-order valence-corrected chi connectivity index (χ0v) is 13.9. The van der Waals surface area contributed by atoms with Gasteiger partial charge in [0.25, 0.3) is 0 Å². The number of thioether (sulfide) groups is 1. The smallest absolute Gasteiger partial charge is 0.338 e. The molecule has 8 nitrogen and oxygen atoms in total. The maximum Gasteiger partial charge on any atom is 0.338 e. The molecule has 1 amide bonds. The van der Waals surface area contributed by atoms with Gasteiger partial charge in [-0.25, -0.2) is 9.78 Å². The maximum absolute atomic E-state index is 12.1. The fourth-order valence-corrected chi connectivity index (χ4v) is 2.88. The lowest BCUT2D eigenvalue weighted by atomic mass is 10.1. The number of carbonyl (C=O) groups is 2. The standard InChI is InChI=1S/C15H15N5O3S/c1-8-17-15(20-19-8)24-7-13(21)18-9-5-11(14(22)23-2)10-3-4-16-12(10)6-9/h3-6,16H,7H2,1-2H3,(H,18,21)(H,17,19,20). The zero-order valence-electron chi connectivity index (χ0n) is 13.0. The summed E-state index contributed by atoms with van der Waals surface area (Å²) >= 11 is 1.22. The highest BCUT2D eigenvalue weighted by Gasteiger charge is 2.14. The fourth-order valence-electron chi connectivity index (χ4n) is 2.23. The van der Waals surface area contributed by atoms with Gasteiger partial charge in [-0.15, -0.1) is 5.10 Å². The summed E-state index contributed by atoms with van der Waals surface area (Å²) in [6.07, 6.45) is 1.73. The Morgan fingerprint density at radius 2 is 2.21 bits per heavy atom. The highest BCUT2D eigenvalue weighted by molar-refractivity contribution is 7.99. The van der Waals surface area contributed by atoms with Crippen molar-refractivity contribution in [2.75, 3.05) is 18.2 Å². The number of H-pyrrole nitrogens is 2. The Bertz CT molecular complexity index is 902. The molecular weight excluding hydrogens is 330 g/mol. The molecular formula is C15H15N5O3S. The van der Waals surface area contributed by atoms with Gasteiger partial charge >= 0.3 is 5.97 Å². The fraction of sp³-hybridized carbons (Fsp3) is 0.200. The average Bonchev–Trinajstić information content (AvgIpc) is 3.20. The predicted octanol–water partition coefficient (Wildman–Crippen LogP) is 2.11. The van der Waals surface area contributed by atoms with Crippen molar-refractivity contribution >= 4 is 40.2 Å². The number of nitrogens with one attached hydrogen (secondary N) is 3. The molecule has 0 unspecified atom stereocenters. The van der Waals surface area contributed by atoms with Gasteiger partial charge in [0.15, 0.2) is 0 Å². The van der Waals surface area contributed by atoms with Gasteiger partial charge in [0.05, 0.1) is 18.4 Å². The van der Waals surface area contributed by atoms with E-state index in [4.69, 9.17) is 4.74 Å². The maximum atomic E-state index is 12.1. The number of fused-ring (bicyclic) bond motifs is 1. The van der Waals surface area contributed by atoms with Gasteiger partial charge in [-0.3, -0.25) is 9.89 Å². The highest BCUT2D eigenvalue weighted by atomic mass is 32.2. The van der Waals surface area contributed by atoms with Crippen LogP contribution in [0.15, 0.2) is 29.6 Å². The number of hydrogen-bond donors (Lipinski definition) is 3. The predicted molar refractivity (Wildman–Crippen MR) is 90.1 cm³/mol. The number of ether oxygens (including phenoxy) is 1. The number of nitrogens with zero attached hydrogens (tertiary/aromatic N) is 2. The Labute approximate surface area is 141 Å². The number of aromatic nitrogens is 4. The molecule has 2 aromatic heterocycles. The number of hydrogen-bond acceptors (Lipinski definition) is 6. The first-order valence-corrected chi connectivity index (χ1v) is 8.06. The van der Waals surface area contributed by atoms with Gasteiger partial charge in [-0.2, -0.15) is 0 Å². The van der Waals surface area contributed by atoms with Crippen LogP contribution in [-0.2, 0) is 9.53 Å². The van der Waals surface area contributed by atoms with E-state index in [0.29, 0.717) is 22.2 Å². The van der Waals surface area contributed by atoms with Crippen molar-refractivity contribution in [1.29, 1.82) is 0 Å². The number of benzene rings is 1. The lowest BCUT2D eigenvalue weighted by Crippen LogP contribution is -2.15.